The Kier molecular flexibility index (Phi) is 4.74. The van der Waals surface area contributed by atoms with Gasteiger partial charge in [-0.1, -0.05) is 44.0 Å². The lowest BCUT2D eigenvalue weighted by atomic mass is 9.85. The lowest BCUT2D eigenvalue weighted by Crippen LogP contribution is -2.38. The smallest absolute Gasteiger partial charge is 0.0773 e. The first kappa shape index (κ1) is 14.1. The predicted octanol–water partition coefficient (Wildman–Crippen LogP) is 3.86. The van der Waals surface area contributed by atoms with Gasteiger partial charge in [-0.3, -0.25) is 0 Å². The van der Waals surface area contributed by atoms with Crippen LogP contribution in [0.5, 0.6) is 0 Å². The van der Waals surface area contributed by atoms with E-state index in [4.69, 9.17) is 4.74 Å². The van der Waals surface area contributed by atoms with Crippen LogP contribution in [-0.4, -0.2) is 19.3 Å². The van der Waals surface area contributed by atoms with Gasteiger partial charge in [0.15, 0.2) is 0 Å². The molecule has 1 aromatic carbocycles. The first-order valence-electron chi connectivity index (χ1n) is 8.31. The fraction of sp³-hybridized carbons (Fsp3) is 0.667. The van der Waals surface area contributed by atoms with Crippen molar-refractivity contribution in [3.63, 3.8) is 0 Å². The van der Waals surface area contributed by atoms with Crippen LogP contribution in [0.4, 0.5) is 0 Å². The second kappa shape index (κ2) is 6.73. The zero-order chi connectivity index (χ0) is 13.8. The summed E-state index contributed by atoms with van der Waals surface area (Å²) >= 11 is 0. The van der Waals surface area contributed by atoms with Crippen LogP contribution < -0.4 is 5.32 Å². The fourth-order valence-electron chi connectivity index (χ4n) is 3.24. The van der Waals surface area contributed by atoms with Gasteiger partial charge >= 0.3 is 0 Å². The zero-order valence-corrected chi connectivity index (χ0v) is 12.6. The highest BCUT2D eigenvalue weighted by Crippen LogP contribution is 2.34. The molecule has 1 fully saturated rings. The van der Waals surface area contributed by atoms with E-state index in [0.29, 0.717) is 12.1 Å². The zero-order valence-electron chi connectivity index (χ0n) is 12.6. The second-order valence-electron chi connectivity index (χ2n) is 6.31. The van der Waals surface area contributed by atoms with Crippen LogP contribution in [0.15, 0.2) is 24.3 Å². The van der Waals surface area contributed by atoms with Gasteiger partial charge in [-0.25, -0.2) is 0 Å². The Morgan fingerprint density at radius 3 is 2.85 bits per heavy atom. The van der Waals surface area contributed by atoms with E-state index in [0.717, 1.165) is 31.9 Å². The summed E-state index contributed by atoms with van der Waals surface area (Å²) in [6, 6.07) is 9.25. The van der Waals surface area contributed by atoms with Gasteiger partial charge in [0.1, 0.15) is 0 Å². The highest BCUT2D eigenvalue weighted by atomic mass is 16.5. The van der Waals surface area contributed by atoms with Crippen LogP contribution in [0.2, 0.25) is 0 Å². The third-order valence-corrected chi connectivity index (χ3v) is 4.63. The van der Waals surface area contributed by atoms with Crippen LogP contribution in [0.1, 0.15) is 56.2 Å². The Morgan fingerprint density at radius 1 is 1.20 bits per heavy atom. The molecule has 110 valence electrons. The summed E-state index contributed by atoms with van der Waals surface area (Å²) in [5, 5.41) is 3.71. The molecule has 0 saturated heterocycles. The minimum Gasteiger partial charge on any atom is -0.376 e. The predicted molar refractivity (Wildman–Crippen MR) is 82.9 cm³/mol. The third kappa shape index (κ3) is 3.42. The molecule has 1 aromatic rings. The van der Waals surface area contributed by atoms with E-state index < -0.39 is 0 Å². The second-order valence-corrected chi connectivity index (χ2v) is 6.31. The lowest BCUT2D eigenvalue weighted by Gasteiger charge is -2.34. The number of aryl methyl sites for hydroxylation is 1. The number of nitrogens with one attached hydrogen (secondary N) is 1. The Balaban J connectivity index is 1.65. The highest BCUT2D eigenvalue weighted by Gasteiger charge is 2.30. The molecule has 2 unspecified atom stereocenters. The molecule has 0 bridgehead atoms. The van der Waals surface area contributed by atoms with Crippen molar-refractivity contribution >= 4 is 0 Å². The van der Waals surface area contributed by atoms with Gasteiger partial charge in [-0.2, -0.15) is 0 Å². The van der Waals surface area contributed by atoms with Crippen LogP contribution in [0, 0.1) is 5.92 Å². The summed E-state index contributed by atoms with van der Waals surface area (Å²) in [5.74, 6) is 0.966. The number of hydrogen-bond donors (Lipinski definition) is 1. The monoisotopic (exact) mass is 273 g/mol. The average Bonchev–Trinajstić information content (AvgIpc) is 3.30. The first-order chi connectivity index (χ1) is 9.88. The molecule has 2 heteroatoms. The summed E-state index contributed by atoms with van der Waals surface area (Å²) in [4.78, 5) is 0. The number of fused-ring (bicyclic) bond motifs is 1. The first-order valence-corrected chi connectivity index (χ1v) is 8.31. The molecule has 0 radical (unpaired) electrons. The van der Waals surface area contributed by atoms with E-state index in [2.05, 4.69) is 36.5 Å². The van der Waals surface area contributed by atoms with E-state index in [1.165, 1.54) is 36.8 Å². The number of benzene rings is 1. The lowest BCUT2D eigenvalue weighted by molar-refractivity contribution is 0.0126. The average molecular weight is 273 g/mol. The Labute approximate surface area is 122 Å². The number of ether oxygens (including phenoxy) is 1. The standard InChI is InChI=1S/C18H27NO/c1-2-12-19-18-16-6-4-3-5-15(16)9-10-17(18)20-13-11-14-7-8-14/h3-6,14,17-19H,2,7-13H2,1H3. The molecule has 3 rings (SSSR count). The number of hydrogen-bond acceptors (Lipinski definition) is 2. The molecule has 0 aliphatic heterocycles. The van der Waals surface area contributed by atoms with Crippen LogP contribution in [-0.2, 0) is 11.2 Å². The molecule has 0 aromatic heterocycles. The van der Waals surface area contributed by atoms with Crippen molar-refractivity contribution in [1.82, 2.24) is 5.32 Å². The Morgan fingerprint density at radius 2 is 2.05 bits per heavy atom. The van der Waals surface area contributed by atoms with Crippen molar-refractivity contribution < 1.29 is 4.74 Å². The van der Waals surface area contributed by atoms with E-state index in [1.54, 1.807) is 0 Å². The summed E-state index contributed by atoms with van der Waals surface area (Å²) in [6.45, 7) is 4.24. The quantitative estimate of drug-likeness (QED) is 0.814. The molecule has 1 saturated carbocycles. The molecule has 0 amide bonds. The SMILES string of the molecule is CCCNC1c2ccccc2CCC1OCCC1CC1. The van der Waals surface area contributed by atoms with E-state index in [-0.39, 0.29) is 0 Å². The van der Waals surface area contributed by atoms with Gasteiger partial charge in [-0.05, 0) is 49.3 Å². The van der Waals surface area contributed by atoms with Crippen molar-refractivity contribution in [3.8, 4) is 0 Å². The van der Waals surface area contributed by atoms with E-state index >= 15 is 0 Å². The highest BCUT2D eigenvalue weighted by molar-refractivity contribution is 5.33. The normalized spacial score (nSPS) is 25.4. The van der Waals surface area contributed by atoms with Crippen LogP contribution in [0.25, 0.3) is 0 Å². The van der Waals surface area contributed by atoms with Crippen molar-refractivity contribution in [2.45, 2.75) is 57.6 Å². The van der Waals surface area contributed by atoms with Gasteiger partial charge in [-0.15, -0.1) is 0 Å². The third-order valence-electron chi connectivity index (χ3n) is 4.63. The van der Waals surface area contributed by atoms with Crippen molar-refractivity contribution in [1.29, 1.82) is 0 Å². The maximum atomic E-state index is 6.24. The molecule has 20 heavy (non-hydrogen) atoms. The molecule has 2 nitrogen and oxygen atoms in total. The maximum absolute atomic E-state index is 6.24. The maximum Gasteiger partial charge on any atom is 0.0773 e. The summed E-state index contributed by atoms with van der Waals surface area (Å²) in [5.41, 5.74) is 2.96. The summed E-state index contributed by atoms with van der Waals surface area (Å²) in [6.07, 6.45) is 7.96. The molecular weight excluding hydrogens is 246 g/mol. The molecule has 2 aliphatic carbocycles. The van der Waals surface area contributed by atoms with Gasteiger partial charge < -0.3 is 10.1 Å². The minimum atomic E-state index is 0.357. The fourth-order valence-corrected chi connectivity index (χ4v) is 3.24. The summed E-state index contributed by atoms with van der Waals surface area (Å²) < 4.78 is 6.24. The largest absolute Gasteiger partial charge is 0.376 e. The number of rotatable bonds is 7. The molecular formula is C18H27NO. The molecule has 2 atom stereocenters. The van der Waals surface area contributed by atoms with Gasteiger partial charge in [0.25, 0.3) is 0 Å². The minimum absolute atomic E-state index is 0.357. The summed E-state index contributed by atoms with van der Waals surface area (Å²) in [7, 11) is 0. The van der Waals surface area contributed by atoms with Crippen molar-refractivity contribution in [3.05, 3.63) is 35.4 Å². The molecule has 1 N–H and O–H groups in total. The van der Waals surface area contributed by atoms with Gasteiger partial charge in [0.05, 0.1) is 12.1 Å². The molecule has 0 heterocycles. The Hall–Kier alpha value is -0.860. The van der Waals surface area contributed by atoms with Crippen LogP contribution >= 0.6 is 0 Å². The van der Waals surface area contributed by atoms with E-state index in [9.17, 15) is 0 Å². The van der Waals surface area contributed by atoms with Crippen molar-refractivity contribution in [2.75, 3.05) is 13.2 Å². The molecule has 2 aliphatic rings. The Bertz CT molecular complexity index is 427. The van der Waals surface area contributed by atoms with Gasteiger partial charge in [0, 0.05) is 6.61 Å². The van der Waals surface area contributed by atoms with Crippen molar-refractivity contribution in [2.24, 2.45) is 5.92 Å². The van der Waals surface area contributed by atoms with Crippen LogP contribution in [0.3, 0.4) is 0 Å². The van der Waals surface area contributed by atoms with E-state index in [1.807, 2.05) is 0 Å². The van der Waals surface area contributed by atoms with Gasteiger partial charge in [0.2, 0.25) is 0 Å². The topological polar surface area (TPSA) is 21.3 Å². The molecule has 0 spiro atoms.